The quantitative estimate of drug-likeness (QED) is 0.180. The minimum Gasteiger partial charge on any atom is -0.481 e. The molecule has 0 aromatic heterocycles. The number of alkyl halides is 1. The fourth-order valence-electron chi connectivity index (χ4n) is 5.92. The molecule has 0 aromatic carbocycles. The van der Waals surface area contributed by atoms with Crippen LogP contribution in [0.25, 0.3) is 0 Å². The smallest absolute Gasteiger partial charge is 0.307 e. The molecule has 192 valence electrons. The van der Waals surface area contributed by atoms with Crippen molar-refractivity contribution in [1.29, 1.82) is 10.5 Å². The van der Waals surface area contributed by atoms with Crippen molar-refractivity contribution in [2.24, 2.45) is 47.3 Å². The molecule has 0 radical (unpaired) electrons. The van der Waals surface area contributed by atoms with Gasteiger partial charge < -0.3 is 5.11 Å². The topological polar surface area (TPSA) is 84.9 Å². The van der Waals surface area contributed by atoms with E-state index in [1.165, 1.54) is 6.42 Å². The standard InChI is InChI=1S/C8H8ClN.C8H9N.C8H10O2.Cl5P/c9-8(5-10)4-6-1-2-7(8)3-6;9-5-8-4-6-1-2-7(8)3-6;9-8(10)7-4-5-1-2-6(7)3-5;1-6(2,3,4)5/h1-2,6-7H,3-4H2;1-2,6-8H,3-4H2;1-2,5-7H,3-4H2,(H,9,10);. The number of hydrogen-bond acceptors (Lipinski definition) is 3. The molecule has 6 aliphatic rings. The molecule has 35 heavy (non-hydrogen) atoms. The van der Waals surface area contributed by atoms with Crippen molar-refractivity contribution in [2.75, 3.05) is 0 Å². The molecule has 0 heterocycles. The van der Waals surface area contributed by atoms with E-state index in [0.717, 1.165) is 38.0 Å². The molecule has 0 spiro atoms. The first kappa shape index (κ1) is 29.4. The van der Waals surface area contributed by atoms with Gasteiger partial charge in [-0.15, -0.1) is 11.6 Å². The number of fused-ring (bicyclic) bond motifs is 6. The van der Waals surface area contributed by atoms with E-state index in [2.05, 4.69) is 48.6 Å². The van der Waals surface area contributed by atoms with Crippen LogP contribution in [0, 0.1) is 70.0 Å². The number of hydrogen-bond donors (Lipinski definition) is 1. The number of halogens is 6. The maximum absolute atomic E-state index is 10.6. The first-order chi connectivity index (χ1) is 16.1. The predicted molar refractivity (Wildman–Crippen MR) is 147 cm³/mol. The molecule has 6 rings (SSSR count). The van der Waals surface area contributed by atoms with E-state index in [0.29, 0.717) is 35.5 Å². The molecule has 11 heteroatoms. The van der Waals surface area contributed by atoms with Crippen molar-refractivity contribution in [3.63, 3.8) is 0 Å². The second kappa shape index (κ2) is 11.3. The Hall–Kier alpha value is -0.160. The van der Waals surface area contributed by atoms with E-state index in [1.807, 2.05) is 0 Å². The van der Waals surface area contributed by atoms with Gasteiger partial charge in [-0.05, 0) is 68.1 Å². The molecule has 3 fully saturated rings. The van der Waals surface area contributed by atoms with Gasteiger partial charge in [0.25, 0.3) is 0 Å². The zero-order chi connectivity index (χ0) is 26.0. The zero-order valence-electron chi connectivity index (χ0n) is 18.8. The molecule has 0 aromatic rings. The third-order valence-electron chi connectivity index (χ3n) is 7.55. The number of nitrogens with zero attached hydrogens (tertiary/aromatic N) is 2. The van der Waals surface area contributed by atoms with Crippen molar-refractivity contribution >= 4 is 77.1 Å². The second-order valence-corrected chi connectivity index (χ2v) is 27.3. The Morgan fingerprint density at radius 1 is 0.829 bits per heavy atom. The van der Waals surface area contributed by atoms with Crippen LogP contribution in [0.1, 0.15) is 38.5 Å². The number of nitriles is 2. The van der Waals surface area contributed by atoms with E-state index >= 15 is 0 Å². The third-order valence-corrected chi connectivity index (χ3v) is 8.07. The number of rotatable bonds is 1. The largest absolute Gasteiger partial charge is 0.481 e. The normalized spacial score (nSPS) is 41.3. The van der Waals surface area contributed by atoms with Gasteiger partial charge in [-0.25, -0.2) is 0 Å². The van der Waals surface area contributed by atoms with Gasteiger partial charge in [0.1, 0.15) is 4.87 Å². The van der Waals surface area contributed by atoms with Crippen molar-refractivity contribution in [3.05, 3.63) is 36.5 Å². The molecule has 6 bridgehead atoms. The van der Waals surface area contributed by atoms with Crippen LogP contribution >= 0.6 is 71.2 Å². The van der Waals surface area contributed by atoms with Crippen LogP contribution in [0.15, 0.2) is 36.5 Å². The molecule has 0 saturated heterocycles. The Morgan fingerprint density at radius 2 is 1.37 bits per heavy atom. The van der Waals surface area contributed by atoms with E-state index in [4.69, 9.17) is 83.4 Å². The molecule has 3 saturated carbocycles. The van der Waals surface area contributed by atoms with Gasteiger partial charge in [-0.1, -0.05) is 36.5 Å². The van der Waals surface area contributed by atoms with Crippen LogP contribution in [0.4, 0.5) is 0 Å². The first-order valence-electron chi connectivity index (χ1n) is 11.5. The number of carboxylic acid groups (broad SMARTS) is 1. The summed E-state index contributed by atoms with van der Waals surface area (Å²) < 4.78 is -3.69. The number of carboxylic acids is 1. The first-order valence-corrected chi connectivity index (χ1v) is 18.7. The Labute approximate surface area is 235 Å². The van der Waals surface area contributed by atoms with Crippen LogP contribution in [-0.4, -0.2) is 16.0 Å². The Kier molecular flexibility index (Phi) is 9.49. The predicted octanol–water partition coefficient (Wildman–Crippen LogP) is 9.40. The zero-order valence-corrected chi connectivity index (χ0v) is 24.2. The summed E-state index contributed by atoms with van der Waals surface area (Å²) in [7, 11) is 0. The van der Waals surface area contributed by atoms with E-state index in [9.17, 15) is 4.79 Å². The summed E-state index contributed by atoms with van der Waals surface area (Å²) in [5.41, 5.74) is 0. The Balaban J connectivity index is 0.000000133. The van der Waals surface area contributed by atoms with Gasteiger partial charge in [0, 0.05) is 5.92 Å². The summed E-state index contributed by atoms with van der Waals surface area (Å²) >= 11 is 30.9. The summed E-state index contributed by atoms with van der Waals surface area (Å²) in [4.78, 5) is 10.0. The number of allylic oxidation sites excluding steroid dienone is 6. The van der Waals surface area contributed by atoms with Gasteiger partial charge in [0.05, 0.1) is 24.0 Å². The van der Waals surface area contributed by atoms with Gasteiger partial charge in [-0.3, -0.25) is 4.79 Å². The summed E-state index contributed by atoms with van der Waals surface area (Å²) in [6.45, 7) is 0. The molecule has 0 aliphatic heterocycles. The van der Waals surface area contributed by atoms with Gasteiger partial charge in [-0.2, -0.15) is 10.5 Å². The maximum Gasteiger partial charge on any atom is 0.307 e. The van der Waals surface area contributed by atoms with E-state index in [-0.39, 0.29) is 5.92 Å². The fraction of sp³-hybridized carbons (Fsp3) is 0.625. The van der Waals surface area contributed by atoms with Crippen LogP contribution in [-0.2, 0) is 4.79 Å². The molecule has 4 nitrogen and oxygen atoms in total. The van der Waals surface area contributed by atoms with Gasteiger partial charge in [0.15, 0.2) is 0 Å². The van der Waals surface area contributed by atoms with E-state index in [1.54, 1.807) is 0 Å². The Bertz CT molecular complexity index is 978. The van der Waals surface area contributed by atoms with Crippen LogP contribution in [0.2, 0.25) is 0 Å². The summed E-state index contributed by atoms with van der Waals surface area (Å²) in [6.07, 6.45) is 19.2. The minimum atomic E-state index is -3.69. The molecule has 1 N–H and O–H groups in total. The number of carbonyl (C=O) groups is 1. The van der Waals surface area contributed by atoms with Gasteiger partial charge in [0.2, 0.25) is 0 Å². The van der Waals surface area contributed by atoms with Crippen LogP contribution in [0.5, 0.6) is 0 Å². The average molecular weight is 619 g/mol. The third kappa shape index (κ3) is 8.69. The van der Waals surface area contributed by atoms with Crippen LogP contribution < -0.4 is 0 Å². The van der Waals surface area contributed by atoms with E-state index < -0.39 is 14.2 Å². The van der Waals surface area contributed by atoms with Crippen molar-refractivity contribution in [1.82, 2.24) is 0 Å². The molecular weight excluding hydrogens is 592 g/mol. The minimum absolute atomic E-state index is 0.0741. The summed E-state index contributed by atoms with van der Waals surface area (Å²) in [5.74, 6) is 2.85. The second-order valence-electron chi connectivity index (χ2n) is 10.0. The van der Waals surface area contributed by atoms with Crippen molar-refractivity contribution in [3.8, 4) is 12.1 Å². The average Bonchev–Trinajstić information content (AvgIpc) is 3.59. The molecule has 9 unspecified atom stereocenters. The van der Waals surface area contributed by atoms with Crippen molar-refractivity contribution < 1.29 is 9.90 Å². The summed E-state index contributed by atoms with van der Waals surface area (Å²) in [5, 5.41) is 26.0. The summed E-state index contributed by atoms with van der Waals surface area (Å²) in [6, 6.07) is 4.53. The fourth-order valence-corrected chi connectivity index (χ4v) is 6.28. The molecule has 6 aliphatic carbocycles. The SMILES string of the molecule is ClP(Cl)(Cl)(Cl)Cl.N#CC1(Cl)CC2C=CC1C2.N#CC1CC2C=CC1C2.O=C(O)C1CC2C=CC1C2. The van der Waals surface area contributed by atoms with Crippen molar-refractivity contribution in [2.45, 2.75) is 43.4 Å². The van der Waals surface area contributed by atoms with Crippen LogP contribution in [0.3, 0.4) is 0 Å². The number of aliphatic carboxylic acids is 1. The van der Waals surface area contributed by atoms with Gasteiger partial charge >= 0.3 is 65.5 Å². The molecule has 0 amide bonds. The Morgan fingerprint density at radius 3 is 1.60 bits per heavy atom. The molecule has 9 atom stereocenters. The maximum atomic E-state index is 10.6. The molecular formula is C24H27Cl6N2O2P. The monoisotopic (exact) mass is 616 g/mol.